The Morgan fingerprint density at radius 1 is 1.21 bits per heavy atom. The van der Waals surface area contributed by atoms with E-state index in [9.17, 15) is 13.2 Å². The molecule has 124 valence electrons. The van der Waals surface area contributed by atoms with E-state index in [0.29, 0.717) is 5.56 Å². The van der Waals surface area contributed by atoms with Crippen molar-refractivity contribution in [3.8, 4) is 0 Å². The molecule has 0 spiro atoms. The van der Waals surface area contributed by atoms with E-state index >= 15 is 0 Å². The van der Waals surface area contributed by atoms with Gasteiger partial charge in [0.1, 0.15) is 0 Å². The third-order valence-corrected chi connectivity index (χ3v) is 5.75. The average Bonchev–Trinajstić information content (AvgIpc) is 3.02. The SMILES string of the molecule is O=C(O)C[C@H](NS(=O)(=O)c1ccc2ncsc2c1)c1ccccc1. The fourth-order valence-electron chi connectivity index (χ4n) is 2.35. The van der Waals surface area contributed by atoms with Crippen molar-refractivity contribution in [3.63, 3.8) is 0 Å². The lowest BCUT2D eigenvalue weighted by molar-refractivity contribution is -0.137. The molecule has 0 aliphatic rings. The highest BCUT2D eigenvalue weighted by molar-refractivity contribution is 7.89. The zero-order valence-corrected chi connectivity index (χ0v) is 14.0. The Morgan fingerprint density at radius 3 is 2.67 bits per heavy atom. The molecule has 0 aliphatic carbocycles. The monoisotopic (exact) mass is 362 g/mol. The number of thiazole rings is 1. The van der Waals surface area contributed by atoms with Gasteiger partial charge in [0.2, 0.25) is 10.0 Å². The largest absolute Gasteiger partial charge is 0.481 e. The summed E-state index contributed by atoms with van der Waals surface area (Å²) in [5.74, 6) is -1.08. The minimum absolute atomic E-state index is 0.0885. The molecule has 3 aromatic rings. The lowest BCUT2D eigenvalue weighted by atomic mass is 10.1. The molecule has 8 heteroatoms. The van der Waals surface area contributed by atoms with Crippen molar-refractivity contribution in [2.75, 3.05) is 0 Å². The van der Waals surface area contributed by atoms with Crippen molar-refractivity contribution in [1.82, 2.24) is 9.71 Å². The zero-order valence-electron chi connectivity index (χ0n) is 12.4. The molecule has 2 N–H and O–H groups in total. The average molecular weight is 362 g/mol. The molecule has 0 aliphatic heterocycles. The number of aromatic nitrogens is 1. The van der Waals surface area contributed by atoms with Crippen molar-refractivity contribution in [3.05, 3.63) is 59.6 Å². The normalized spacial score (nSPS) is 13.0. The predicted molar refractivity (Wildman–Crippen MR) is 91.4 cm³/mol. The number of carbonyl (C=O) groups is 1. The van der Waals surface area contributed by atoms with Crippen molar-refractivity contribution in [1.29, 1.82) is 0 Å². The number of hydrogen-bond acceptors (Lipinski definition) is 5. The Labute approximate surface area is 142 Å². The van der Waals surface area contributed by atoms with Crippen LogP contribution >= 0.6 is 11.3 Å². The summed E-state index contributed by atoms with van der Waals surface area (Å²) in [4.78, 5) is 15.3. The van der Waals surface area contributed by atoms with E-state index in [1.54, 1.807) is 41.9 Å². The van der Waals surface area contributed by atoms with Crippen LogP contribution in [0.5, 0.6) is 0 Å². The number of carboxylic acids is 1. The van der Waals surface area contributed by atoms with Crippen LogP contribution in [-0.4, -0.2) is 24.5 Å². The molecule has 0 fully saturated rings. The van der Waals surface area contributed by atoms with E-state index in [2.05, 4.69) is 9.71 Å². The van der Waals surface area contributed by atoms with Crippen molar-refractivity contribution >= 4 is 37.5 Å². The number of fused-ring (bicyclic) bond motifs is 1. The van der Waals surface area contributed by atoms with Crippen molar-refractivity contribution < 1.29 is 18.3 Å². The quantitative estimate of drug-likeness (QED) is 0.703. The Hall–Kier alpha value is -2.29. The molecular weight excluding hydrogens is 348 g/mol. The van der Waals surface area contributed by atoms with Crippen molar-refractivity contribution in [2.45, 2.75) is 17.4 Å². The fourth-order valence-corrected chi connectivity index (χ4v) is 4.39. The number of aliphatic carboxylic acids is 1. The molecule has 1 aromatic heterocycles. The third kappa shape index (κ3) is 3.61. The maximum absolute atomic E-state index is 12.6. The zero-order chi connectivity index (χ0) is 17.2. The first-order valence-electron chi connectivity index (χ1n) is 7.08. The summed E-state index contributed by atoms with van der Waals surface area (Å²) >= 11 is 1.35. The number of benzene rings is 2. The molecule has 0 saturated carbocycles. The minimum Gasteiger partial charge on any atom is -0.481 e. The Bertz CT molecular complexity index is 968. The molecule has 0 amide bonds. The standard InChI is InChI=1S/C16H14N2O4S2/c19-16(20)9-14(11-4-2-1-3-5-11)18-24(21,22)12-6-7-13-15(8-12)23-10-17-13/h1-8,10,14,18H,9H2,(H,19,20)/t14-/m0/s1. The second kappa shape index (κ2) is 6.68. The minimum atomic E-state index is -3.86. The molecule has 1 atom stereocenters. The molecule has 0 unspecified atom stereocenters. The van der Waals surface area contributed by atoms with Gasteiger partial charge >= 0.3 is 5.97 Å². The maximum atomic E-state index is 12.6. The highest BCUT2D eigenvalue weighted by Gasteiger charge is 2.24. The van der Waals surface area contributed by atoms with Crippen LogP contribution in [-0.2, 0) is 14.8 Å². The molecule has 6 nitrogen and oxygen atoms in total. The Morgan fingerprint density at radius 2 is 1.96 bits per heavy atom. The summed E-state index contributed by atoms with van der Waals surface area (Å²) in [7, 11) is -3.86. The topological polar surface area (TPSA) is 96.4 Å². The van der Waals surface area contributed by atoms with Crippen LogP contribution < -0.4 is 4.72 Å². The van der Waals surface area contributed by atoms with E-state index in [1.807, 2.05) is 0 Å². The number of sulfonamides is 1. The number of nitrogens with one attached hydrogen (secondary N) is 1. The van der Waals surface area contributed by atoms with E-state index in [1.165, 1.54) is 23.5 Å². The summed E-state index contributed by atoms with van der Waals surface area (Å²) < 4.78 is 28.5. The summed E-state index contributed by atoms with van der Waals surface area (Å²) in [5, 5.41) is 9.08. The van der Waals surface area contributed by atoms with Gasteiger partial charge in [0, 0.05) is 0 Å². The number of hydrogen-bond donors (Lipinski definition) is 2. The lowest BCUT2D eigenvalue weighted by Gasteiger charge is -2.17. The van der Waals surface area contributed by atoms with Gasteiger partial charge in [0.15, 0.2) is 0 Å². The van der Waals surface area contributed by atoms with Gasteiger partial charge in [-0.05, 0) is 23.8 Å². The second-order valence-electron chi connectivity index (χ2n) is 5.16. The van der Waals surface area contributed by atoms with Crippen LogP contribution in [0.2, 0.25) is 0 Å². The van der Waals surface area contributed by atoms with Gasteiger partial charge in [-0.1, -0.05) is 30.3 Å². The van der Waals surface area contributed by atoms with Gasteiger partial charge in [-0.25, -0.2) is 18.1 Å². The Balaban J connectivity index is 1.93. The van der Waals surface area contributed by atoms with Gasteiger partial charge in [0.25, 0.3) is 0 Å². The van der Waals surface area contributed by atoms with E-state index in [0.717, 1.165) is 10.2 Å². The number of rotatable bonds is 6. The van der Waals surface area contributed by atoms with Crippen LogP contribution in [0.3, 0.4) is 0 Å². The molecule has 1 heterocycles. The third-order valence-electron chi connectivity index (χ3n) is 3.49. The van der Waals surface area contributed by atoms with Gasteiger partial charge in [-0.15, -0.1) is 11.3 Å². The predicted octanol–water partition coefficient (Wildman–Crippen LogP) is 2.79. The smallest absolute Gasteiger partial charge is 0.305 e. The van der Waals surface area contributed by atoms with Crippen molar-refractivity contribution in [2.24, 2.45) is 0 Å². The van der Waals surface area contributed by atoms with Crippen LogP contribution in [0.25, 0.3) is 10.2 Å². The van der Waals surface area contributed by atoms with Crippen LogP contribution in [0, 0.1) is 0 Å². The number of nitrogens with zero attached hydrogens (tertiary/aromatic N) is 1. The first kappa shape index (κ1) is 16.6. The van der Waals surface area contributed by atoms with E-state index < -0.39 is 22.0 Å². The van der Waals surface area contributed by atoms with Crippen LogP contribution in [0.15, 0.2) is 58.9 Å². The first-order valence-corrected chi connectivity index (χ1v) is 9.44. The van der Waals surface area contributed by atoms with Crippen LogP contribution in [0.1, 0.15) is 18.0 Å². The number of carboxylic acid groups (broad SMARTS) is 1. The highest BCUT2D eigenvalue weighted by Crippen LogP contribution is 2.24. The van der Waals surface area contributed by atoms with E-state index in [4.69, 9.17) is 5.11 Å². The van der Waals surface area contributed by atoms with Gasteiger partial charge in [-0.2, -0.15) is 0 Å². The first-order chi connectivity index (χ1) is 11.5. The highest BCUT2D eigenvalue weighted by atomic mass is 32.2. The molecule has 2 aromatic carbocycles. The van der Waals surface area contributed by atoms with Gasteiger partial charge in [0.05, 0.1) is 33.1 Å². The molecule has 0 bridgehead atoms. The van der Waals surface area contributed by atoms with Crippen LogP contribution in [0.4, 0.5) is 0 Å². The van der Waals surface area contributed by atoms with E-state index in [-0.39, 0.29) is 11.3 Å². The van der Waals surface area contributed by atoms with Gasteiger partial charge < -0.3 is 5.11 Å². The molecule has 0 saturated heterocycles. The maximum Gasteiger partial charge on any atom is 0.305 e. The molecule has 24 heavy (non-hydrogen) atoms. The summed E-state index contributed by atoms with van der Waals surface area (Å²) in [6, 6.07) is 12.5. The summed E-state index contributed by atoms with van der Waals surface area (Å²) in [6.07, 6.45) is -0.341. The summed E-state index contributed by atoms with van der Waals surface area (Å²) in [5.41, 5.74) is 2.97. The van der Waals surface area contributed by atoms with Gasteiger partial charge in [-0.3, -0.25) is 4.79 Å². The summed E-state index contributed by atoms with van der Waals surface area (Å²) in [6.45, 7) is 0. The lowest BCUT2D eigenvalue weighted by Crippen LogP contribution is -2.30. The fraction of sp³-hybridized carbons (Fsp3) is 0.125. The second-order valence-corrected chi connectivity index (χ2v) is 7.76. The molecule has 0 radical (unpaired) electrons. The Kier molecular flexibility index (Phi) is 4.61. The molecule has 3 rings (SSSR count). The molecular formula is C16H14N2O4S2.